The van der Waals surface area contributed by atoms with Gasteiger partial charge < -0.3 is 15.4 Å². The monoisotopic (exact) mass is 375 g/mol. The molecule has 7 nitrogen and oxygen atoms in total. The average Bonchev–Trinajstić information content (AvgIpc) is 3.29. The summed E-state index contributed by atoms with van der Waals surface area (Å²) in [5.41, 5.74) is 2.60. The van der Waals surface area contributed by atoms with E-state index in [1.54, 1.807) is 0 Å². The van der Waals surface area contributed by atoms with E-state index in [4.69, 9.17) is 5.11 Å². The molecule has 148 valence electrons. The average molecular weight is 375 g/mol. The Labute approximate surface area is 159 Å². The summed E-state index contributed by atoms with van der Waals surface area (Å²) in [7, 11) is 0. The lowest BCUT2D eigenvalue weighted by Gasteiger charge is -2.42. The predicted octanol–water partition coefficient (Wildman–Crippen LogP) is 2.15. The number of ketones is 1. The number of aliphatic carboxylic acids is 1. The number of nitrogens with one attached hydrogen (secondary N) is 2. The van der Waals surface area contributed by atoms with Crippen LogP contribution in [-0.4, -0.2) is 57.8 Å². The fraction of sp³-hybridized carbons (Fsp3) is 0.650. The summed E-state index contributed by atoms with van der Waals surface area (Å²) in [5.74, 6) is -0.378. The van der Waals surface area contributed by atoms with E-state index in [1.807, 2.05) is 18.7 Å². The second-order valence-electron chi connectivity index (χ2n) is 7.95. The molecule has 27 heavy (non-hydrogen) atoms. The number of aromatic nitrogens is 1. The molecule has 2 saturated carbocycles. The van der Waals surface area contributed by atoms with Crippen molar-refractivity contribution in [3.63, 3.8) is 0 Å². The Morgan fingerprint density at radius 2 is 1.93 bits per heavy atom. The Kier molecular flexibility index (Phi) is 5.69. The van der Waals surface area contributed by atoms with Crippen LogP contribution in [0.15, 0.2) is 0 Å². The van der Waals surface area contributed by atoms with Gasteiger partial charge in [-0.2, -0.15) is 0 Å². The number of aryl methyl sites for hydroxylation is 1. The number of carbonyl (C=O) groups excluding carboxylic acids is 2. The molecule has 3 N–H and O–H groups in total. The topological polar surface area (TPSA) is 102 Å². The lowest BCUT2D eigenvalue weighted by molar-refractivity contribution is -0.139. The third-order valence-corrected chi connectivity index (χ3v) is 5.72. The normalized spacial score (nSPS) is 21.8. The van der Waals surface area contributed by atoms with Crippen LogP contribution in [0.1, 0.15) is 71.6 Å². The van der Waals surface area contributed by atoms with Crippen LogP contribution in [0.2, 0.25) is 0 Å². The molecular weight excluding hydrogens is 346 g/mol. The van der Waals surface area contributed by atoms with Crippen LogP contribution >= 0.6 is 0 Å². The van der Waals surface area contributed by atoms with Crippen LogP contribution in [-0.2, 0) is 11.2 Å². The Morgan fingerprint density at radius 1 is 1.26 bits per heavy atom. The van der Waals surface area contributed by atoms with Gasteiger partial charge >= 0.3 is 5.97 Å². The number of aromatic amines is 1. The lowest BCUT2D eigenvalue weighted by Crippen LogP contribution is -2.55. The second-order valence-corrected chi connectivity index (χ2v) is 7.95. The molecule has 1 heterocycles. The van der Waals surface area contributed by atoms with Crippen molar-refractivity contribution in [3.05, 3.63) is 22.5 Å². The van der Waals surface area contributed by atoms with Crippen molar-refractivity contribution >= 4 is 17.7 Å². The minimum absolute atomic E-state index is 0.0345. The van der Waals surface area contributed by atoms with Gasteiger partial charge in [-0.3, -0.25) is 19.3 Å². The zero-order valence-electron chi connectivity index (χ0n) is 16.3. The Balaban J connectivity index is 1.59. The number of carbonyl (C=O) groups is 3. The number of carboxylic acids is 1. The van der Waals surface area contributed by atoms with Crippen LogP contribution in [0.5, 0.6) is 0 Å². The van der Waals surface area contributed by atoms with Gasteiger partial charge in [0.1, 0.15) is 5.69 Å². The molecule has 2 fully saturated rings. The predicted molar refractivity (Wildman–Crippen MR) is 101 cm³/mol. The number of Topliss-reactive ketones (excluding diaryl/α,β-unsaturated/α-hetero) is 1. The minimum atomic E-state index is -0.797. The molecule has 0 spiro atoms. The Hall–Kier alpha value is -2.15. The van der Waals surface area contributed by atoms with Crippen LogP contribution in [0, 0.1) is 12.8 Å². The van der Waals surface area contributed by atoms with E-state index in [-0.39, 0.29) is 30.3 Å². The molecule has 2 aliphatic carbocycles. The molecule has 3 rings (SSSR count). The molecule has 2 aliphatic rings. The maximum atomic E-state index is 12.7. The highest BCUT2D eigenvalue weighted by Gasteiger charge is 2.38. The van der Waals surface area contributed by atoms with E-state index in [0.29, 0.717) is 23.6 Å². The zero-order valence-corrected chi connectivity index (χ0v) is 16.3. The molecule has 0 atom stereocenters. The second kappa shape index (κ2) is 7.84. The van der Waals surface area contributed by atoms with E-state index in [9.17, 15) is 14.4 Å². The van der Waals surface area contributed by atoms with Crippen molar-refractivity contribution in [2.24, 2.45) is 5.92 Å². The fourth-order valence-electron chi connectivity index (χ4n) is 4.11. The van der Waals surface area contributed by atoms with Crippen molar-refractivity contribution < 1.29 is 19.5 Å². The number of amides is 1. The van der Waals surface area contributed by atoms with Crippen molar-refractivity contribution in [2.75, 3.05) is 13.1 Å². The van der Waals surface area contributed by atoms with Gasteiger partial charge in [-0.05, 0) is 57.4 Å². The fourth-order valence-corrected chi connectivity index (χ4v) is 4.11. The minimum Gasteiger partial charge on any atom is -0.480 e. The highest BCUT2D eigenvalue weighted by Crippen LogP contribution is 2.34. The van der Waals surface area contributed by atoms with Crippen molar-refractivity contribution in [2.45, 2.75) is 65.0 Å². The summed E-state index contributed by atoms with van der Waals surface area (Å²) in [5, 5.41) is 12.2. The molecule has 0 bridgehead atoms. The molecule has 0 unspecified atom stereocenters. The number of H-pyrrole nitrogens is 1. The van der Waals surface area contributed by atoms with Crippen LogP contribution < -0.4 is 5.32 Å². The molecular formula is C20H29N3O4. The number of nitrogens with zero attached hydrogens (tertiary/aromatic N) is 1. The molecule has 1 aromatic heterocycles. The van der Waals surface area contributed by atoms with E-state index >= 15 is 0 Å². The number of hydrogen-bond donors (Lipinski definition) is 3. The summed E-state index contributed by atoms with van der Waals surface area (Å²) in [4.78, 5) is 40.8. The smallest absolute Gasteiger partial charge is 0.317 e. The first-order valence-corrected chi connectivity index (χ1v) is 9.79. The summed E-state index contributed by atoms with van der Waals surface area (Å²) >= 11 is 0. The van der Waals surface area contributed by atoms with Gasteiger partial charge in [0.2, 0.25) is 0 Å². The number of rotatable bonds is 9. The maximum absolute atomic E-state index is 12.7. The van der Waals surface area contributed by atoms with Crippen molar-refractivity contribution in [1.29, 1.82) is 0 Å². The van der Waals surface area contributed by atoms with Gasteiger partial charge in [0.05, 0.1) is 6.54 Å². The molecule has 1 aromatic rings. The molecule has 0 radical (unpaired) electrons. The van der Waals surface area contributed by atoms with Crippen molar-refractivity contribution in [1.82, 2.24) is 15.2 Å². The molecule has 7 heteroatoms. The highest BCUT2D eigenvalue weighted by molar-refractivity contribution is 6.02. The summed E-state index contributed by atoms with van der Waals surface area (Å²) in [6.45, 7) is 6.18. The first-order chi connectivity index (χ1) is 12.8. The number of hydrogen-bond acceptors (Lipinski definition) is 4. The molecule has 0 aromatic carbocycles. The summed E-state index contributed by atoms with van der Waals surface area (Å²) < 4.78 is 0. The molecule has 0 saturated heterocycles. The van der Waals surface area contributed by atoms with Gasteiger partial charge in [0.25, 0.3) is 5.91 Å². The third kappa shape index (κ3) is 4.40. The maximum Gasteiger partial charge on any atom is 0.317 e. The Morgan fingerprint density at radius 3 is 2.44 bits per heavy atom. The van der Waals surface area contributed by atoms with Crippen LogP contribution in [0.4, 0.5) is 0 Å². The summed E-state index contributed by atoms with van der Waals surface area (Å²) in [6.07, 6.45) is 4.53. The number of carboxylic acid groups (broad SMARTS) is 1. The van der Waals surface area contributed by atoms with Gasteiger partial charge in [-0.1, -0.05) is 6.92 Å². The summed E-state index contributed by atoms with van der Waals surface area (Å²) in [6, 6.07) is 0.267. The molecule has 0 aliphatic heterocycles. The lowest BCUT2D eigenvalue weighted by atomic mass is 9.85. The van der Waals surface area contributed by atoms with E-state index in [0.717, 1.165) is 30.6 Å². The van der Waals surface area contributed by atoms with E-state index < -0.39 is 5.97 Å². The first kappa shape index (κ1) is 19.6. The van der Waals surface area contributed by atoms with Gasteiger partial charge in [0.15, 0.2) is 5.78 Å². The standard InChI is InChI=1S/C20H29N3O4/c1-4-16-18(12(3)24)11(2)21-19(16)20(27)22-14-7-15(8-14)23(10-17(25)26)9-13-5-6-13/h13-15,21H,4-10H2,1-3H3,(H,22,27)(H,25,26). The largest absolute Gasteiger partial charge is 0.480 e. The van der Waals surface area contributed by atoms with Crippen LogP contribution in [0.3, 0.4) is 0 Å². The quantitative estimate of drug-likeness (QED) is 0.574. The SMILES string of the molecule is CCc1c(C(=O)NC2CC(N(CC(=O)O)CC3CC3)C2)[nH]c(C)c1C(C)=O. The van der Waals surface area contributed by atoms with E-state index in [2.05, 4.69) is 10.3 Å². The first-order valence-electron chi connectivity index (χ1n) is 9.79. The zero-order chi connectivity index (χ0) is 19.7. The van der Waals surface area contributed by atoms with Crippen molar-refractivity contribution in [3.8, 4) is 0 Å². The Bertz CT molecular complexity index is 745. The molecule has 1 amide bonds. The third-order valence-electron chi connectivity index (χ3n) is 5.72. The van der Waals surface area contributed by atoms with Crippen LogP contribution in [0.25, 0.3) is 0 Å². The highest BCUT2D eigenvalue weighted by atomic mass is 16.4. The van der Waals surface area contributed by atoms with E-state index in [1.165, 1.54) is 19.8 Å². The van der Waals surface area contributed by atoms with Gasteiger partial charge in [0, 0.05) is 29.9 Å². The van der Waals surface area contributed by atoms with Gasteiger partial charge in [-0.25, -0.2) is 0 Å². The van der Waals surface area contributed by atoms with Gasteiger partial charge in [-0.15, -0.1) is 0 Å².